The van der Waals surface area contributed by atoms with Crippen LogP contribution in [0.25, 0.3) is 0 Å². The first-order valence-corrected chi connectivity index (χ1v) is 12.6. The van der Waals surface area contributed by atoms with E-state index in [1.807, 2.05) is 0 Å². The number of carbonyl (C=O) groups is 4. The average Bonchev–Trinajstić information content (AvgIpc) is 3.66. The van der Waals surface area contributed by atoms with Gasteiger partial charge < -0.3 is 4.74 Å². The van der Waals surface area contributed by atoms with E-state index in [4.69, 9.17) is 27.9 Å². The quantitative estimate of drug-likeness (QED) is 0.319. The van der Waals surface area contributed by atoms with Crippen molar-refractivity contribution >= 4 is 46.7 Å². The van der Waals surface area contributed by atoms with Crippen molar-refractivity contribution in [3.63, 3.8) is 0 Å². The molecule has 184 valence electrons. The van der Waals surface area contributed by atoms with Crippen LogP contribution in [0.3, 0.4) is 0 Å². The molecule has 5 aliphatic rings. The Morgan fingerprint density at radius 2 is 1.58 bits per heavy atom. The van der Waals surface area contributed by atoms with E-state index in [9.17, 15) is 19.2 Å². The maximum absolute atomic E-state index is 13.7. The Morgan fingerprint density at radius 1 is 0.972 bits per heavy atom. The van der Waals surface area contributed by atoms with Crippen molar-refractivity contribution in [2.45, 2.75) is 6.42 Å². The molecule has 0 N–H and O–H groups in total. The van der Waals surface area contributed by atoms with Gasteiger partial charge in [0.05, 0.1) is 29.5 Å². The summed E-state index contributed by atoms with van der Waals surface area (Å²) in [5.74, 6) is -1.68. The molecule has 3 fully saturated rings. The van der Waals surface area contributed by atoms with Crippen molar-refractivity contribution in [2.24, 2.45) is 35.5 Å². The zero-order valence-corrected chi connectivity index (χ0v) is 20.8. The Morgan fingerprint density at radius 3 is 2.14 bits per heavy atom. The number of imide groups is 1. The van der Waals surface area contributed by atoms with Gasteiger partial charge in [-0.2, -0.15) is 5.01 Å². The molecular weight excluding hydrogens is 503 g/mol. The smallest absolute Gasteiger partial charge is 0.274 e. The first kappa shape index (κ1) is 23.3. The molecule has 6 atom stereocenters. The fraction of sp³-hybridized carbons (Fsp3) is 0.333. The number of nitrogens with zero attached hydrogens (tertiary/aromatic N) is 2. The highest BCUT2D eigenvalue weighted by Gasteiger charge is 2.68. The summed E-state index contributed by atoms with van der Waals surface area (Å²) in [5, 5.41) is 2.25. The van der Waals surface area contributed by atoms with Crippen molar-refractivity contribution in [3.8, 4) is 5.75 Å². The third-order valence-electron chi connectivity index (χ3n) is 7.98. The van der Waals surface area contributed by atoms with Gasteiger partial charge in [-0.05, 0) is 72.6 Å². The Labute approximate surface area is 217 Å². The first-order chi connectivity index (χ1) is 17.3. The number of carbonyl (C=O) groups excluding carboxylic acids is 4. The molecule has 2 bridgehead atoms. The van der Waals surface area contributed by atoms with Crippen LogP contribution < -0.4 is 4.74 Å². The van der Waals surface area contributed by atoms with Gasteiger partial charge in [-0.15, -0.1) is 0 Å². The lowest BCUT2D eigenvalue weighted by atomic mass is 9.63. The standard InChI is InChI=1S/C27H22Cl2N2O5/c1-36-15-5-2-13(3-6-15)22(32)12-30(25(33)18-7-4-14(28)10-21(18)29)31-26(34)23-16-8-9-17(20-11-19(16)20)24(23)27(31)35/h2-10,16-17,19-20,23-24H,11-12H2,1H3/t16-,17-,19-,20+,23+,24+/m0/s1. The maximum atomic E-state index is 13.7. The minimum Gasteiger partial charge on any atom is -0.497 e. The SMILES string of the molecule is COc1ccc(C(=O)CN(C(=O)c2ccc(Cl)cc2Cl)N2C(=O)[C@@H]3[C@H]4C=C[C@@H]([C@@H]5C[C@H]45)[C@H]3C2=O)cc1. The third kappa shape index (κ3) is 3.48. The van der Waals surface area contributed by atoms with Crippen LogP contribution >= 0.6 is 23.2 Å². The fourth-order valence-corrected chi connectivity index (χ4v) is 6.71. The Hall–Kier alpha value is -3.16. The summed E-state index contributed by atoms with van der Waals surface area (Å²) in [7, 11) is 1.52. The molecule has 9 heteroatoms. The number of hydrogen-bond acceptors (Lipinski definition) is 5. The molecule has 3 amide bonds. The van der Waals surface area contributed by atoms with E-state index in [1.165, 1.54) is 25.3 Å². The number of halogens is 2. The lowest BCUT2D eigenvalue weighted by Gasteiger charge is -2.37. The van der Waals surface area contributed by atoms with Gasteiger partial charge in [-0.1, -0.05) is 35.4 Å². The zero-order valence-electron chi connectivity index (χ0n) is 19.3. The highest BCUT2D eigenvalue weighted by molar-refractivity contribution is 6.36. The molecule has 1 aliphatic heterocycles. The number of Topliss-reactive ketones (excluding diaryl/α,β-unsaturated/α-hetero) is 1. The number of methoxy groups -OCH3 is 1. The van der Waals surface area contributed by atoms with Crippen molar-refractivity contribution in [1.29, 1.82) is 0 Å². The topological polar surface area (TPSA) is 84.0 Å². The molecule has 2 aromatic rings. The normalized spacial score (nSPS) is 29.1. The molecule has 0 spiro atoms. The van der Waals surface area contributed by atoms with E-state index in [0.29, 0.717) is 28.2 Å². The molecule has 2 aromatic carbocycles. The van der Waals surface area contributed by atoms with Crippen LogP contribution in [-0.2, 0) is 9.59 Å². The Kier molecular flexibility index (Phi) is 5.46. The number of hydrazine groups is 1. The van der Waals surface area contributed by atoms with Crippen LogP contribution in [0.15, 0.2) is 54.6 Å². The highest BCUT2D eigenvalue weighted by Crippen LogP contribution is 2.65. The number of amides is 3. The number of rotatable bonds is 6. The van der Waals surface area contributed by atoms with Crippen LogP contribution in [-0.4, -0.2) is 47.2 Å². The Balaban J connectivity index is 1.37. The molecule has 0 aromatic heterocycles. The molecule has 7 rings (SSSR count). The molecule has 36 heavy (non-hydrogen) atoms. The largest absolute Gasteiger partial charge is 0.497 e. The second-order valence-corrected chi connectivity index (χ2v) is 10.6. The van der Waals surface area contributed by atoms with Gasteiger partial charge >= 0.3 is 0 Å². The predicted molar refractivity (Wildman–Crippen MR) is 131 cm³/mol. The molecule has 4 aliphatic carbocycles. The summed E-state index contributed by atoms with van der Waals surface area (Å²) < 4.78 is 5.15. The van der Waals surface area contributed by atoms with Gasteiger partial charge in [0.2, 0.25) is 0 Å². The van der Waals surface area contributed by atoms with Crippen molar-refractivity contribution in [2.75, 3.05) is 13.7 Å². The minimum absolute atomic E-state index is 0.0141. The number of benzene rings is 2. The predicted octanol–water partition coefficient (Wildman–Crippen LogP) is 4.30. The van der Waals surface area contributed by atoms with E-state index in [2.05, 4.69) is 12.2 Å². The van der Waals surface area contributed by atoms with Gasteiger partial charge in [-0.25, -0.2) is 5.01 Å². The summed E-state index contributed by atoms with van der Waals surface area (Å²) in [5.41, 5.74) is 0.360. The van der Waals surface area contributed by atoms with Gasteiger partial charge in [0.25, 0.3) is 17.7 Å². The van der Waals surface area contributed by atoms with Crippen LogP contribution in [0.5, 0.6) is 5.75 Å². The molecule has 2 saturated carbocycles. The van der Waals surface area contributed by atoms with Gasteiger partial charge in [0.15, 0.2) is 5.78 Å². The number of hydrogen-bond donors (Lipinski definition) is 0. The van der Waals surface area contributed by atoms with Crippen LogP contribution in [0.2, 0.25) is 10.0 Å². The van der Waals surface area contributed by atoms with E-state index in [1.54, 1.807) is 24.3 Å². The second kappa shape index (κ2) is 8.46. The highest BCUT2D eigenvalue weighted by atomic mass is 35.5. The third-order valence-corrected chi connectivity index (χ3v) is 8.53. The molecular formula is C27H22Cl2N2O5. The van der Waals surface area contributed by atoms with E-state index in [-0.39, 0.29) is 22.4 Å². The summed E-state index contributed by atoms with van der Waals surface area (Å²) in [6, 6.07) is 10.7. The minimum atomic E-state index is -0.718. The maximum Gasteiger partial charge on any atom is 0.274 e. The number of ketones is 1. The summed E-state index contributed by atoms with van der Waals surface area (Å²) in [4.78, 5) is 54.4. The fourth-order valence-electron chi connectivity index (χ4n) is 6.22. The zero-order chi connectivity index (χ0) is 25.3. The van der Waals surface area contributed by atoms with Crippen LogP contribution in [0.4, 0.5) is 0 Å². The lowest BCUT2D eigenvalue weighted by Crippen LogP contribution is -2.52. The van der Waals surface area contributed by atoms with Crippen molar-refractivity contribution in [1.82, 2.24) is 10.0 Å². The summed E-state index contributed by atoms with van der Waals surface area (Å²) >= 11 is 12.3. The van der Waals surface area contributed by atoms with Gasteiger partial charge in [-0.3, -0.25) is 19.2 Å². The number of allylic oxidation sites excluding steroid dienone is 2. The Bertz CT molecular complexity index is 1300. The van der Waals surface area contributed by atoms with Crippen LogP contribution in [0.1, 0.15) is 27.1 Å². The molecule has 0 unspecified atom stereocenters. The van der Waals surface area contributed by atoms with Gasteiger partial charge in [0, 0.05) is 10.6 Å². The van der Waals surface area contributed by atoms with Crippen molar-refractivity contribution in [3.05, 3.63) is 75.8 Å². The monoisotopic (exact) mass is 524 g/mol. The van der Waals surface area contributed by atoms with E-state index >= 15 is 0 Å². The van der Waals surface area contributed by atoms with Gasteiger partial charge in [0.1, 0.15) is 12.3 Å². The lowest BCUT2D eigenvalue weighted by molar-refractivity contribution is -0.154. The molecule has 7 nitrogen and oxygen atoms in total. The van der Waals surface area contributed by atoms with E-state index in [0.717, 1.165) is 16.4 Å². The molecule has 1 heterocycles. The average molecular weight is 525 g/mol. The van der Waals surface area contributed by atoms with Crippen LogP contribution in [0, 0.1) is 35.5 Å². The van der Waals surface area contributed by atoms with E-state index < -0.39 is 41.9 Å². The summed E-state index contributed by atoms with van der Waals surface area (Å²) in [6.45, 7) is -0.503. The first-order valence-electron chi connectivity index (χ1n) is 11.8. The summed E-state index contributed by atoms with van der Waals surface area (Å²) in [6.07, 6.45) is 5.13. The molecule has 1 saturated heterocycles. The molecule has 0 radical (unpaired) electrons. The number of ether oxygens (including phenoxy) is 1. The van der Waals surface area contributed by atoms with Crippen molar-refractivity contribution < 1.29 is 23.9 Å². The second-order valence-electron chi connectivity index (χ2n) is 9.78.